The molecule has 0 saturated heterocycles. The summed E-state index contributed by atoms with van der Waals surface area (Å²) >= 11 is 8.02. The first-order valence-corrected chi connectivity index (χ1v) is 11.2. The molecule has 0 bridgehead atoms. The molecule has 0 aliphatic carbocycles. The predicted molar refractivity (Wildman–Crippen MR) is 124 cm³/mol. The summed E-state index contributed by atoms with van der Waals surface area (Å²) in [6.45, 7) is 0.863. The predicted octanol–water partition coefficient (Wildman–Crippen LogP) is 4.76. The highest BCUT2D eigenvalue weighted by molar-refractivity contribution is 8.00. The van der Waals surface area contributed by atoms with Crippen LogP contribution in [-0.2, 0) is 20.0 Å². The molecule has 0 saturated carbocycles. The minimum atomic E-state index is -0.381. The van der Waals surface area contributed by atoms with Gasteiger partial charge in [-0.1, -0.05) is 17.7 Å². The molecular formula is C23H19ClFN5OS. The Balaban J connectivity index is 1.35. The van der Waals surface area contributed by atoms with Crippen LogP contribution in [0.4, 0.5) is 10.1 Å². The van der Waals surface area contributed by atoms with Crippen LogP contribution in [0, 0.1) is 5.82 Å². The third-order valence-corrected chi connectivity index (χ3v) is 7.20. The van der Waals surface area contributed by atoms with Crippen molar-refractivity contribution in [1.82, 2.24) is 19.9 Å². The number of fused-ring (bicyclic) bond motifs is 2. The molecule has 9 heteroatoms. The van der Waals surface area contributed by atoms with Gasteiger partial charge in [0, 0.05) is 49.9 Å². The minimum Gasteiger partial charge on any atom is -0.347 e. The van der Waals surface area contributed by atoms with Crippen molar-refractivity contribution >= 4 is 46.0 Å². The molecule has 0 spiro atoms. The van der Waals surface area contributed by atoms with Crippen LogP contribution in [0.1, 0.15) is 21.7 Å². The maximum Gasteiger partial charge on any atom is 0.268 e. The lowest BCUT2D eigenvalue weighted by Gasteiger charge is -2.16. The average Bonchev–Trinajstić information content (AvgIpc) is 3.34. The van der Waals surface area contributed by atoms with E-state index in [1.807, 2.05) is 12.1 Å². The van der Waals surface area contributed by atoms with Crippen molar-refractivity contribution in [1.29, 1.82) is 0 Å². The largest absolute Gasteiger partial charge is 0.347 e. The van der Waals surface area contributed by atoms with E-state index in [-0.39, 0.29) is 18.3 Å². The van der Waals surface area contributed by atoms with Crippen molar-refractivity contribution in [2.45, 2.75) is 17.9 Å². The van der Waals surface area contributed by atoms with Crippen molar-refractivity contribution in [2.24, 2.45) is 7.05 Å². The zero-order valence-corrected chi connectivity index (χ0v) is 18.8. The van der Waals surface area contributed by atoms with E-state index in [1.165, 1.54) is 18.0 Å². The van der Waals surface area contributed by atoms with Gasteiger partial charge in [-0.3, -0.25) is 14.8 Å². The molecule has 5 rings (SSSR count). The summed E-state index contributed by atoms with van der Waals surface area (Å²) in [6.07, 6.45) is 4.31. The molecule has 1 amide bonds. The van der Waals surface area contributed by atoms with Crippen LogP contribution < -0.4 is 9.62 Å². The topological polar surface area (TPSA) is 63.1 Å². The number of halogens is 2. The molecule has 0 unspecified atom stereocenters. The Morgan fingerprint density at radius 1 is 1.22 bits per heavy atom. The number of rotatable bonds is 5. The molecule has 1 aliphatic rings. The van der Waals surface area contributed by atoms with E-state index in [1.54, 1.807) is 48.3 Å². The lowest BCUT2D eigenvalue weighted by Crippen LogP contribution is -2.25. The third kappa shape index (κ3) is 3.69. The lowest BCUT2D eigenvalue weighted by molar-refractivity contribution is 0.0942. The first kappa shape index (κ1) is 20.8. The number of hydrogen-bond donors (Lipinski definition) is 1. The molecule has 4 heterocycles. The standard InChI is InChI=1S/C23H19ClFN5OS/c1-29-20(12-21(22(29)24)32-30-11-8-18-19(30)5-3-10-27-18)23(31)28-13-15-14-4-2-9-26-17(14)7-6-16(15)25/h2-7,9-10,12H,8,11,13H2,1H3,(H,28,31). The Morgan fingerprint density at radius 2 is 2.03 bits per heavy atom. The summed E-state index contributed by atoms with van der Waals surface area (Å²) in [6, 6.07) is 12.2. The zero-order valence-electron chi connectivity index (χ0n) is 17.2. The van der Waals surface area contributed by atoms with E-state index in [9.17, 15) is 9.18 Å². The highest BCUT2D eigenvalue weighted by Gasteiger charge is 2.24. The number of hydrogen-bond acceptors (Lipinski definition) is 5. The van der Waals surface area contributed by atoms with Crippen LogP contribution in [0.5, 0.6) is 0 Å². The number of nitrogens with zero attached hydrogens (tertiary/aromatic N) is 4. The summed E-state index contributed by atoms with van der Waals surface area (Å²) < 4.78 is 18.2. The Bertz CT molecular complexity index is 1340. The molecule has 162 valence electrons. The minimum absolute atomic E-state index is 0.0458. The molecular weight excluding hydrogens is 449 g/mol. The average molecular weight is 468 g/mol. The molecule has 0 radical (unpaired) electrons. The van der Waals surface area contributed by atoms with Gasteiger partial charge in [0.25, 0.3) is 5.91 Å². The van der Waals surface area contributed by atoms with Crippen LogP contribution in [0.3, 0.4) is 0 Å². The molecule has 1 aliphatic heterocycles. The van der Waals surface area contributed by atoms with Gasteiger partial charge in [0.05, 0.1) is 21.8 Å². The van der Waals surface area contributed by atoms with Gasteiger partial charge >= 0.3 is 0 Å². The number of benzene rings is 1. The SMILES string of the molecule is Cn1c(C(=O)NCc2c(F)ccc3ncccc23)cc(SN2CCc3ncccc32)c1Cl. The fourth-order valence-electron chi connectivity index (χ4n) is 3.85. The second-order valence-electron chi connectivity index (χ2n) is 7.43. The Morgan fingerprint density at radius 3 is 2.91 bits per heavy atom. The maximum absolute atomic E-state index is 14.4. The van der Waals surface area contributed by atoms with Crippen molar-refractivity contribution < 1.29 is 9.18 Å². The Hall–Kier alpha value is -3.10. The van der Waals surface area contributed by atoms with Crippen molar-refractivity contribution in [3.8, 4) is 0 Å². The molecule has 0 atom stereocenters. The van der Waals surface area contributed by atoms with E-state index in [2.05, 4.69) is 19.6 Å². The van der Waals surface area contributed by atoms with Gasteiger partial charge in [0.1, 0.15) is 16.7 Å². The summed E-state index contributed by atoms with van der Waals surface area (Å²) in [7, 11) is 1.74. The number of carbonyl (C=O) groups is 1. The van der Waals surface area contributed by atoms with Gasteiger partial charge in [-0.05, 0) is 48.3 Å². The number of pyridine rings is 2. The van der Waals surface area contributed by atoms with Gasteiger partial charge < -0.3 is 14.2 Å². The van der Waals surface area contributed by atoms with E-state index < -0.39 is 0 Å². The third-order valence-electron chi connectivity index (χ3n) is 5.52. The summed E-state index contributed by atoms with van der Waals surface area (Å²) in [5.74, 6) is -0.710. The highest BCUT2D eigenvalue weighted by Crippen LogP contribution is 2.39. The van der Waals surface area contributed by atoms with Gasteiger partial charge in [0.15, 0.2) is 0 Å². The van der Waals surface area contributed by atoms with Crippen molar-refractivity contribution in [3.05, 3.63) is 82.8 Å². The quantitative estimate of drug-likeness (QED) is 0.429. The number of anilines is 1. The van der Waals surface area contributed by atoms with E-state index >= 15 is 0 Å². The zero-order chi connectivity index (χ0) is 22.2. The summed E-state index contributed by atoms with van der Waals surface area (Å²) in [5.41, 5.74) is 3.60. The van der Waals surface area contributed by atoms with Gasteiger partial charge in [-0.15, -0.1) is 0 Å². The number of carbonyl (C=O) groups excluding carboxylic acids is 1. The molecule has 4 aromatic rings. The van der Waals surface area contributed by atoms with Gasteiger partial charge in [-0.25, -0.2) is 4.39 Å². The van der Waals surface area contributed by atoms with E-state index in [0.29, 0.717) is 27.3 Å². The van der Waals surface area contributed by atoms with Crippen LogP contribution in [0.2, 0.25) is 5.15 Å². The maximum atomic E-state index is 14.4. The van der Waals surface area contributed by atoms with Crippen molar-refractivity contribution in [3.63, 3.8) is 0 Å². The number of amides is 1. The first-order valence-electron chi connectivity index (χ1n) is 10.1. The molecule has 6 nitrogen and oxygen atoms in total. The number of nitrogens with one attached hydrogen (secondary N) is 1. The van der Waals surface area contributed by atoms with E-state index in [4.69, 9.17) is 11.6 Å². The van der Waals surface area contributed by atoms with Gasteiger partial charge in [0.2, 0.25) is 0 Å². The molecule has 32 heavy (non-hydrogen) atoms. The molecule has 3 aromatic heterocycles. The monoisotopic (exact) mass is 467 g/mol. The fraction of sp³-hybridized carbons (Fsp3) is 0.174. The van der Waals surface area contributed by atoms with Gasteiger partial charge in [-0.2, -0.15) is 0 Å². The summed E-state index contributed by atoms with van der Waals surface area (Å²) in [4.78, 5) is 22.4. The normalized spacial score (nSPS) is 12.9. The van der Waals surface area contributed by atoms with E-state index in [0.717, 1.165) is 29.2 Å². The number of aromatic nitrogens is 3. The summed E-state index contributed by atoms with van der Waals surface area (Å²) in [5, 5.41) is 3.97. The Kier molecular flexibility index (Phi) is 5.48. The smallest absolute Gasteiger partial charge is 0.268 e. The molecule has 0 fully saturated rings. The van der Waals surface area contributed by atoms with Crippen LogP contribution >= 0.6 is 23.5 Å². The lowest BCUT2D eigenvalue weighted by atomic mass is 10.1. The van der Waals surface area contributed by atoms with Crippen LogP contribution in [0.15, 0.2) is 59.8 Å². The highest BCUT2D eigenvalue weighted by atomic mass is 35.5. The second-order valence-corrected chi connectivity index (χ2v) is 8.86. The van der Waals surface area contributed by atoms with Crippen LogP contribution in [0.25, 0.3) is 10.9 Å². The second kappa shape index (κ2) is 8.44. The van der Waals surface area contributed by atoms with Crippen LogP contribution in [-0.4, -0.2) is 27.0 Å². The molecule has 1 N–H and O–H groups in total. The fourth-order valence-corrected chi connectivity index (χ4v) is 5.16. The van der Waals surface area contributed by atoms with Crippen molar-refractivity contribution in [2.75, 3.05) is 10.8 Å². The Labute approximate surface area is 193 Å². The molecule has 1 aromatic carbocycles. The first-order chi connectivity index (χ1) is 15.5.